The number of nitro benzene ring substituents is 1. The maximum absolute atomic E-state index is 10.8. The van der Waals surface area contributed by atoms with E-state index in [0.717, 1.165) is 0 Å². The highest BCUT2D eigenvalue weighted by molar-refractivity contribution is 6.30. The zero-order chi connectivity index (χ0) is 12.3. The third-order valence-corrected chi connectivity index (χ3v) is 2.06. The van der Waals surface area contributed by atoms with E-state index >= 15 is 0 Å². The van der Waals surface area contributed by atoms with E-state index in [0.29, 0.717) is 0 Å². The fraction of sp³-hybridized carbons (Fsp3) is 0.222. The number of rotatable bonds is 4. The second-order valence-electron chi connectivity index (χ2n) is 3.03. The Morgan fingerprint density at radius 2 is 2.25 bits per heavy atom. The zero-order valence-electron chi connectivity index (χ0n) is 8.34. The molecule has 1 atom stereocenters. The van der Waals surface area contributed by atoms with Crippen molar-refractivity contribution in [1.82, 2.24) is 0 Å². The molecule has 0 aliphatic rings. The second-order valence-corrected chi connectivity index (χ2v) is 3.47. The molecule has 0 bridgehead atoms. The Labute approximate surface area is 96.1 Å². The van der Waals surface area contributed by atoms with Gasteiger partial charge in [0.05, 0.1) is 4.92 Å². The lowest BCUT2D eigenvalue weighted by Crippen LogP contribution is -2.30. The molecule has 0 heterocycles. The molecule has 1 rings (SSSR count). The van der Waals surface area contributed by atoms with Crippen LogP contribution in [-0.4, -0.2) is 16.9 Å². The highest BCUT2D eigenvalue weighted by Crippen LogP contribution is 2.30. The van der Waals surface area contributed by atoms with Gasteiger partial charge in [0.1, 0.15) is 0 Å². The standard InChI is InChI=1S/C9H9ClN2O4/c1-5(9(11)13)16-8-4-6(10)2-3-7(8)12(14)15/h2-5H,1H3,(H2,11,13). The number of primary amides is 1. The van der Waals surface area contributed by atoms with Gasteiger partial charge >= 0.3 is 5.69 Å². The fourth-order valence-electron chi connectivity index (χ4n) is 0.982. The van der Waals surface area contributed by atoms with Crippen LogP contribution in [0.5, 0.6) is 5.75 Å². The number of nitro groups is 1. The van der Waals surface area contributed by atoms with E-state index in [9.17, 15) is 14.9 Å². The number of amides is 1. The summed E-state index contributed by atoms with van der Waals surface area (Å²) in [5.41, 5.74) is 4.72. The highest BCUT2D eigenvalue weighted by atomic mass is 35.5. The maximum Gasteiger partial charge on any atom is 0.311 e. The van der Waals surface area contributed by atoms with Crippen LogP contribution in [0, 0.1) is 10.1 Å². The molecule has 0 saturated carbocycles. The molecule has 0 aromatic heterocycles. The molecule has 1 unspecified atom stereocenters. The molecule has 0 radical (unpaired) electrons. The summed E-state index contributed by atoms with van der Waals surface area (Å²) in [4.78, 5) is 20.8. The van der Waals surface area contributed by atoms with Gasteiger partial charge in [-0.15, -0.1) is 0 Å². The van der Waals surface area contributed by atoms with Crippen LogP contribution in [0.15, 0.2) is 18.2 Å². The van der Waals surface area contributed by atoms with Crippen LogP contribution in [0.3, 0.4) is 0 Å². The smallest absolute Gasteiger partial charge is 0.311 e. The van der Waals surface area contributed by atoms with Crippen LogP contribution in [0.1, 0.15) is 6.92 Å². The topological polar surface area (TPSA) is 95.5 Å². The first-order valence-corrected chi connectivity index (χ1v) is 4.69. The van der Waals surface area contributed by atoms with E-state index in [1.807, 2.05) is 0 Å². The molecule has 86 valence electrons. The number of hydrogen-bond donors (Lipinski definition) is 1. The van der Waals surface area contributed by atoms with Crippen molar-refractivity contribution in [2.45, 2.75) is 13.0 Å². The largest absolute Gasteiger partial charge is 0.474 e. The summed E-state index contributed by atoms with van der Waals surface area (Å²) in [5.74, 6) is -0.793. The van der Waals surface area contributed by atoms with Crippen LogP contribution in [0.4, 0.5) is 5.69 Å². The van der Waals surface area contributed by atoms with E-state index in [-0.39, 0.29) is 16.5 Å². The number of halogens is 1. The van der Waals surface area contributed by atoms with Gasteiger partial charge in [0.25, 0.3) is 5.91 Å². The Morgan fingerprint density at radius 1 is 1.62 bits per heavy atom. The summed E-state index contributed by atoms with van der Waals surface area (Å²) in [6.07, 6.45) is -0.961. The second kappa shape index (κ2) is 4.80. The average Bonchev–Trinajstić information content (AvgIpc) is 2.16. The molecule has 0 aliphatic carbocycles. The molecule has 1 aromatic carbocycles. The van der Waals surface area contributed by atoms with E-state index in [1.165, 1.54) is 25.1 Å². The zero-order valence-corrected chi connectivity index (χ0v) is 9.10. The van der Waals surface area contributed by atoms with Gasteiger partial charge in [0, 0.05) is 17.2 Å². The minimum absolute atomic E-state index is 0.0798. The van der Waals surface area contributed by atoms with Crippen molar-refractivity contribution in [3.05, 3.63) is 33.3 Å². The summed E-state index contributed by atoms with van der Waals surface area (Å²) in [6, 6.07) is 3.83. The van der Waals surface area contributed by atoms with Gasteiger partial charge in [-0.1, -0.05) is 11.6 Å². The fourth-order valence-corrected chi connectivity index (χ4v) is 1.14. The normalized spacial score (nSPS) is 11.9. The summed E-state index contributed by atoms with van der Waals surface area (Å²) in [5, 5.41) is 10.9. The summed E-state index contributed by atoms with van der Waals surface area (Å²) in [7, 11) is 0. The lowest BCUT2D eigenvalue weighted by molar-refractivity contribution is -0.386. The minimum atomic E-state index is -0.961. The van der Waals surface area contributed by atoms with Gasteiger partial charge in [-0.2, -0.15) is 0 Å². The van der Waals surface area contributed by atoms with E-state index in [2.05, 4.69) is 0 Å². The summed E-state index contributed by atoms with van der Waals surface area (Å²) in [6.45, 7) is 1.40. The molecule has 1 amide bonds. The Kier molecular flexibility index (Phi) is 3.68. The van der Waals surface area contributed by atoms with Crippen LogP contribution in [0.25, 0.3) is 0 Å². The van der Waals surface area contributed by atoms with Gasteiger partial charge in [0.15, 0.2) is 11.9 Å². The van der Waals surface area contributed by atoms with Crippen LogP contribution >= 0.6 is 11.6 Å². The molecule has 0 aliphatic heterocycles. The lowest BCUT2D eigenvalue weighted by Gasteiger charge is -2.11. The van der Waals surface area contributed by atoms with Gasteiger partial charge in [-0.25, -0.2) is 0 Å². The number of carbonyl (C=O) groups is 1. The Balaban J connectivity index is 3.05. The molecular formula is C9H9ClN2O4. The highest BCUT2D eigenvalue weighted by Gasteiger charge is 2.19. The molecule has 0 fully saturated rings. The molecule has 1 aromatic rings. The van der Waals surface area contributed by atoms with Crippen LogP contribution in [0.2, 0.25) is 5.02 Å². The van der Waals surface area contributed by atoms with Crippen molar-refractivity contribution < 1.29 is 14.5 Å². The van der Waals surface area contributed by atoms with E-state index in [1.54, 1.807) is 0 Å². The number of benzene rings is 1. The molecule has 6 nitrogen and oxygen atoms in total. The molecule has 0 saturated heterocycles. The maximum atomic E-state index is 10.8. The number of nitrogens with two attached hydrogens (primary N) is 1. The Bertz CT molecular complexity index is 436. The van der Waals surface area contributed by atoms with Crippen molar-refractivity contribution in [3.63, 3.8) is 0 Å². The number of nitrogens with zero attached hydrogens (tertiary/aromatic N) is 1. The van der Waals surface area contributed by atoms with Crippen molar-refractivity contribution in [2.24, 2.45) is 5.73 Å². The average molecular weight is 245 g/mol. The first-order chi connectivity index (χ1) is 7.41. The quantitative estimate of drug-likeness (QED) is 0.641. The van der Waals surface area contributed by atoms with Crippen molar-refractivity contribution >= 4 is 23.2 Å². The van der Waals surface area contributed by atoms with Gasteiger partial charge < -0.3 is 10.5 Å². The lowest BCUT2D eigenvalue weighted by atomic mass is 10.3. The van der Waals surface area contributed by atoms with Gasteiger partial charge in [-0.3, -0.25) is 14.9 Å². The number of hydrogen-bond acceptors (Lipinski definition) is 4. The SMILES string of the molecule is CC(Oc1cc(Cl)ccc1[N+](=O)[O-])C(N)=O. The molecular weight excluding hydrogens is 236 g/mol. The minimum Gasteiger partial charge on any atom is -0.474 e. The Hall–Kier alpha value is -1.82. The van der Waals surface area contributed by atoms with E-state index in [4.69, 9.17) is 22.1 Å². The third-order valence-electron chi connectivity index (χ3n) is 1.82. The predicted molar refractivity (Wildman–Crippen MR) is 57.4 cm³/mol. The molecule has 0 spiro atoms. The third kappa shape index (κ3) is 2.83. The first kappa shape index (κ1) is 12.3. The van der Waals surface area contributed by atoms with Crippen molar-refractivity contribution in [2.75, 3.05) is 0 Å². The summed E-state index contributed by atoms with van der Waals surface area (Å²) < 4.78 is 5.05. The van der Waals surface area contributed by atoms with E-state index < -0.39 is 16.9 Å². The van der Waals surface area contributed by atoms with Crippen LogP contribution < -0.4 is 10.5 Å². The summed E-state index contributed by atoms with van der Waals surface area (Å²) >= 11 is 5.67. The van der Waals surface area contributed by atoms with Gasteiger partial charge in [0.2, 0.25) is 0 Å². The van der Waals surface area contributed by atoms with Crippen molar-refractivity contribution in [3.8, 4) is 5.75 Å². The van der Waals surface area contributed by atoms with Crippen LogP contribution in [-0.2, 0) is 4.79 Å². The number of carbonyl (C=O) groups excluding carboxylic acids is 1. The number of ether oxygens (including phenoxy) is 1. The molecule has 16 heavy (non-hydrogen) atoms. The molecule has 2 N–H and O–H groups in total. The molecule has 7 heteroatoms. The van der Waals surface area contributed by atoms with Gasteiger partial charge in [-0.05, 0) is 13.0 Å². The Morgan fingerprint density at radius 3 is 2.75 bits per heavy atom. The predicted octanol–water partition coefficient (Wildman–Crippen LogP) is 1.50. The first-order valence-electron chi connectivity index (χ1n) is 4.31. The van der Waals surface area contributed by atoms with Crippen molar-refractivity contribution in [1.29, 1.82) is 0 Å². The monoisotopic (exact) mass is 244 g/mol.